The molecule has 1 spiro atoms. The summed E-state index contributed by atoms with van der Waals surface area (Å²) < 4.78 is 11.8. The third kappa shape index (κ3) is 4.27. The minimum atomic E-state index is -1.04. The SMILES string of the molecule is CCCCCNC(=O)C1N(CCO)C(=O)[C@@H]2[C@@H](C(=O)Nc3ccc(OCC)cc3)[C@H]3CCC12O3. The molecule has 9 nitrogen and oxygen atoms in total. The van der Waals surface area contributed by atoms with Crippen LogP contribution in [0.1, 0.15) is 46.0 Å². The monoisotopic (exact) mass is 473 g/mol. The summed E-state index contributed by atoms with van der Waals surface area (Å²) in [6.45, 7) is 4.84. The molecule has 1 aromatic carbocycles. The van der Waals surface area contributed by atoms with Crippen molar-refractivity contribution in [3.63, 3.8) is 0 Å². The maximum Gasteiger partial charge on any atom is 0.245 e. The van der Waals surface area contributed by atoms with Gasteiger partial charge in [0.2, 0.25) is 17.7 Å². The molecule has 3 aliphatic rings. The lowest BCUT2D eigenvalue weighted by Gasteiger charge is -2.33. The molecule has 2 unspecified atom stereocenters. The first kappa shape index (κ1) is 24.5. The molecule has 0 aromatic heterocycles. The number of aliphatic hydroxyl groups is 1. The van der Waals surface area contributed by atoms with E-state index in [9.17, 15) is 19.5 Å². The van der Waals surface area contributed by atoms with Crippen molar-refractivity contribution in [3.8, 4) is 5.75 Å². The number of likely N-dealkylation sites (tertiary alicyclic amines) is 1. The number of anilines is 1. The van der Waals surface area contributed by atoms with Crippen molar-refractivity contribution in [3.05, 3.63) is 24.3 Å². The summed E-state index contributed by atoms with van der Waals surface area (Å²) >= 11 is 0. The minimum absolute atomic E-state index is 0.0331. The normalized spacial score (nSPS) is 29.3. The molecule has 3 aliphatic heterocycles. The third-order valence-corrected chi connectivity index (χ3v) is 7.20. The van der Waals surface area contributed by atoms with Crippen molar-refractivity contribution in [2.75, 3.05) is 31.6 Å². The molecule has 3 amide bonds. The van der Waals surface area contributed by atoms with Crippen molar-refractivity contribution in [1.29, 1.82) is 0 Å². The van der Waals surface area contributed by atoms with Gasteiger partial charge in [0.1, 0.15) is 17.4 Å². The molecule has 3 saturated heterocycles. The average Bonchev–Trinajstić information content (AvgIpc) is 3.46. The van der Waals surface area contributed by atoms with Gasteiger partial charge in [0.05, 0.1) is 31.2 Å². The van der Waals surface area contributed by atoms with Crippen molar-refractivity contribution >= 4 is 23.4 Å². The number of fused-ring (bicyclic) bond motifs is 1. The first-order chi connectivity index (χ1) is 16.5. The molecule has 9 heteroatoms. The zero-order chi connectivity index (χ0) is 24.3. The number of aliphatic hydroxyl groups excluding tert-OH is 1. The van der Waals surface area contributed by atoms with E-state index in [1.165, 1.54) is 4.90 Å². The van der Waals surface area contributed by atoms with Crippen LogP contribution in [0.15, 0.2) is 24.3 Å². The number of β-amino-alcohol motifs (C(OH)–C–C–N with tert-alkyl or cyclic N) is 1. The van der Waals surface area contributed by atoms with Crippen LogP contribution in [0.5, 0.6) is 5.75 Å². The number of ether oxygens (including phenoxy) is 2. The molecule has 186 valence electrons. The summed E-state index contributed by atoms with van der Waals surface area (Å²) in [5, 5.41) is 15.5. The van der Waals surface area contributed by atoms with E-state index in [1.807, 2.05) is 6.92 Å². The number of nitrogens with zero attached hydrogens (tertiary/aromatic N) is 1. The van der Waals surface area contributed by atoms with E-state index in [-0.39, 0.29) is 30.9 Å². The zero-order valence-electron chi connectivity index (χ0n) is 19.9. The summed E-state index contributed by atoms with van der Waals surface area (Å²) in [7, 11) is 0. The van der Waals surface area contributed by atoms with Gasteiger partial charge in [-0.05, 0) is 50.5 Å². The Balaban J connectivity index is 1.54. The van der Waals surface area contributed by atoms with E-state index in [0.29, 0.717) is 37.4 Å². The van der Waals surface area contributed by atoms with Crippen molar-refractivity contribution in [2.45, 2.75) is 63.7 Å². The van der Waals surface area contributed by atoms with Gasteiger partial charge in [0, 0.05) is 18.8 Å². The predicted molar refractivity (Wildman–Crippen MR) is 125 cm³/mol. The molecule has 3 N–H and O–H groups in total. The second-order valence-electron chi connectivity index (χ2n) is 9.26. The lowest BCUT2D eigenvalue weighted by molar-refractivity contribution is -0.141. The summed E-state index contributed by atoms with van der Waals surface area (Å²) in [4.78, 5) is 41.5. The highest BCUT2D eigenvalue weighted by atomic mass is 16.5. The molecule has 3 heterocycles. The van der Waals surface area contributed by atoms with E-state index in [4.69, 9.17) is 9.47 Å². The van der Waals surface area contributed by atoms with Gasteiger partial charge in [-0.1, -0.05) is 19.8 Å². The van der Waals surface area contributed by atoms with E-state index >= 15 is 0 Å². The molecule has 4 rings (SSSR count). The molecular weight excluding hydrogens is 438 g/mol. The number of hydrogen-bond acceptors (Lipinski definition) is 6. The molecule has 34 heavy (non-hydrogen) atoms. The fourth-order valence-corrected chi connectivity index (χ4v) is 5.81. The van der Waals surface area contributed by atoms with E-state index in [2.05, 4.69) is 17.6 Å². The number of carbonyl (C=O) groups excluding carboxylic acids is 3. The Kier molecular flexibility index (Phi) is 7.42. The van der Waals surface area contributed by atoms with Crippen LogP contribution < -0.4 is 15.4 Å². The second-order valence-corrected chi connectivity index (χ2v) is 9.26. The molecule has 3 fully saturated rings. The number of unbranched alkanes of at least 4 members (excludes halogenated alkanes) is 2. The number of benzene rings is 1. The Labute approximate surface area is 200 Å². The van der Waals surface area contributed by atoms with Crippen LogP contribution >= 0.6 is 0 Å². The van der Waals surface area contributed by atoms with Crippen LogP contribution in [0.4, 0.5) is 5.69 Å². The van der Waals surface area contributed by atoms with Gasteiger partial charge in [-0.25, -0.2) is 0 Å². The maximum atomic E-state index is 13.5. The third-order valence-electron chi connectivity index (χ3n) is 7.20. The van der Waals surface area contributed by atoms with Crippen molar-refractivity contribution in [2.24, 2.45) is 11.8 Å². The Morgan fingerprint density at radius 1 is 1.21 bits per heavy atom. The van der Waals surface area contributed by atoms with E-state index < -0.39 is 29.6 Å². The Morgan fingerprint density at radius 2 is 1.97 bits per heavy atom. The molecule has 5 atom stereocenters. The fourth-order valence-electron chi connectivity index (χ4n) is 5.81. The summed E-state index contributed by atoms with van der Waals surface area (Å²) in [5.74, 6) is -1.58. The maximum absolute atomic E-state index is 13.5. The molecule has 0 saturated carbocycles. The standard InChI is InChI=1S/C25H35N3O6/c1-3-5-6-13-26-23(31)21-25-12-11-18(34-25)19(20(25)24(32)28(21)14-15-29)22(30)27-16-7-9-17(10-8-16)33-4-2/h7-10,18-21,29H,3-6,11-15H2,1-2H3,(H,26,31)(H,27,30)/t18-,19+,20+,21?,25?/m1/s1. The minimum Gasteiger partial charge on any atom is -0.494 e. The van der Waals surface area contributed by atoms with Crippen LogP contribution in [0.3, 0.4) is 0 Å². The summed E-state index contributed by atoms with van der Waals surface area (Å²) in [6, 6.07) is 6.23. The predicted octanol–water partition coefficient (Wildman–Crippen LogP) is 1.70. The summed E-state index contributed by atoms with van der Waals surface area (Å²) in [5.41, 5.74) is -0.430. The Hall–Kier alpha value is -2.65. The highest BCUT2D eigenvalue weighted by Crippen LogP contribution is 2.58. The van der Waals surface area contributed by atoms with Gasteiger partial charge in [0.25, 0.3) is 0 Å². The number of amides is 3. The number of hydrogen-bond donors (Lipinski definition) is 3. The van der Waals surface area contributed by atoms with Crippen LogP contribution in [-0.4, -0.2) is 71.8 Å². The fraction of sp³-hybridized carbons (Fsp3) is 0.640. The molecule has 2 bridgehead atoms. The first-order valence-electron chi connectivity index (χ1n) is 12.4. The topological polar surface area (TPSA) is 117 Å². The Bertz CT molecular complexity index is 906. The second kappa shape index (κ2) is 10.3. The van der Waals surface area contributed by atoms with Crippen molar-refractivity contribution in [1.82, 2.24) is 10.2 Å². The molecule has 0 radical (unpaired) electrons. The van der Waals surface area contributed by atoms with Gasteiger partial charge < -0.3 is 30.1 Å². The van der Waals surface area contributed by atoms with Crippen LogP contribution in [0.2, 0.25) is 0 Å². The van der Waals surface area contributed by atoms with Crippen LogP contribution in [0.25, 0.3) is 0 Å². The van der Waals surface area contributed by atoms with Gasteiger partial charge in [-0.15, -0.1) is 0 Å². The first-order valence-corrected chi connectivity index (χ1v) is 12.4. The molecule has 1 aromatic rings. The number of nitrogens with one attached hydrogen (secondary N) is 2. The average molecular weight is 474 g/mol. The number of carbonyl (C=O) groups is 3. The van der Waals surface area contributed by atoms with Crippen molar-refractivity contribution < 1.29 is 29.0 Å². The lowest BCUT2D eigenvalue weighted by atomic mass is 9.70. The summed E-state index contributed by atoms with van der Waals surface area (Å²) in [6.07, 6.45) is 3.63. The lowest BCUT2D eigenvalue weighted by Crippen LogP contribution is -2.55. The van der Waals surface area contributed by atoms with Gasteiger partial charge in [0.15, 0.2) is 0 Å². The quantitative estimate of drug-likeness (QED) is 0.421. The molecular formula is C25H35N3O6. The smallest absolute Gasteiger partial charge is 0.245 e. The largest absolute Gasteiger partial charge is 0.494 e. The van der Waals surface area contributed by atoms with Gasteiger partial charge in [-0.3, -0.25) is 14.4 Å². The zero-order valence-corrected chi connectivity index (χ0v) is 19.9. The van der Waals surface area contributed by atoms with Crippen LogP contribution in [0, 0.1) is 11.8 Å². The van der Waals surface area contributed by atoms with E-state index in [0.717, 1.165) is 19.3 Å². The Morgan fingerprint density at radius 3 is 2.65 bits per heavy atom. The highest BCUT2D eigenvalue weighted by molar-refractivity contribution is 6.02. The van der Waals surface area contributed by atoms with E-state index in [1.54, 1.807) is 24.3 Å². The van der Waals surface area contributed by atoms with Crippen LogP contribution in [-0.2, 0) is 19.1 Å². The number of rotatable bonds is 11. The van der Waals surface area contributed by atoms with Gasteiger partial charge >= 0.3 is 0 Å². The highest BCUT2D eigenvalue weighted by Gasteiger charge is 2.74. The molecule has 0 aliphatic carbocycles. The van der Waals surface area contributed by atoms with Gasteiger partial charge in [-0.2, -0.15) is 0 Å².